The molecule has 0 bridgehead atoms. The van der Waals surface area contributed by atoms with Crippen LogP contribution in [0.1, 0.15) is 42.5 Å². The van der Waals surface area contributed by atoms with Crippen molar-refractivity contribution in [2.45, 2.75) is 45.8 Å². The van der Waals surface area contributed by atoms with Crippen LogP contribution in [-0.2, 0) is 33.9 Å². The Balaban J connectivity index is 1.22. The average Bonchev–Trinajstić information content (AvgIpc) is 3.24. The van der Waals surface area contributed by atoms with Crippen molar-refractivity contribution in [1.82, 2.24) is 19.6 Å². The molecule has 3 amide bonds. The molecule has 2 fully saturated rings. The SMILES string of the molecule is CCCOc1ccc(C=CC(=O)N(Cc2ccc(N3CCN(C(C)=O)CC3)cc2)C(Cc2ccccc2)C(=O)N2CCN(Cc3ccc(N(C)C)cc3)CC2)cc1. The van der Waals surface area contributed by atoms with Gasteiger partial charge in [-0.1, -0.05) is 73.7 Å². The van der Waals surface area contributed by atoms with Crippen molar-refractivity contribution < 1.29 is 19.1 Å². The topological polar surface area (TPSA) is 79.9 Å². The zero-order chi connectivity index (χ0) is 40.1. The Labute approximate surface area is 338 Å². The average molecular weight is 771 g/mol. The molecule has 300 valence electrons. The van der Waals surface area contributed by atoms with Gasteiger partial charge in [0.2, 0.25) is 17.7 Å². The summed E-state index contributed by atoms with van der Waals surface area (Å²) < 4.78 is 5.76. The van der Waals surface area contributed by atoms with Crippen LogP contribution in [0, 0.1) is 0 Å². The van der Waals surface area contributed by atoms with Gasteiger partial charge in [-0.25, -0.2) is 0 Å². The molecule has 0 aromatic heterocycles. The summed E-state index contributed by atoms with van der Waals surface area (Å²) in [6.45, 7) is 11.1. The van der Waals surface area contributed by atoms with Gasteiger partial charge in [0.15, 0.2) is 0 Å². The Hall–Kier alpha value is -5.61. The summed E-state index contributed by atoms with van der Waals surface area (Å²) in [4.78, 5) is 53.5. The third kappa shape index (κ3) is 11.5. The quantitative estimate of drug-likeness (QED) is 0.133. The van der Waals surface area contributed by atoms with Crippen LogP contribution in [0.2, 0.25) is 0 Å². The Morgan fingerprint density at radius 3 is 1.96 bits per heavy atom. The van der Waals surface area contributed by atoms with Gasteiger partial charge in [0.25, 0.3) is 0 Å². The maximum atomic E-state index is 14.8. The van der Waals surface area contributed by atoms with E-state index in [1.807, 2.05) is 84.6 Å². The number of piperazine rings is 2. The molecule has 0 radical (unpaired) electrons. The maximum Gasteiger partial charge on any atom is 0.247 e. The molecule has 1 atom stereocenters. The molecule has 0 spiro atoms. The number of amides is 3. The minimum absolute atomic E-state index is 0.0343. The van der Waals surface area contributed by atoms with Crippen LogP contribution < -0.4 is 14.5 Å². The summed E-state index contributed by atoms with van der Waals surface area (Å²) >= 11 is 0. The summed E-state index contributed by atoms with van der Waals surface area (Å²) in [6.07, 6.45) is 4.74. The molecular formula is C47H58N6O4. The van der Waals surface area contributed by atoms with Crippen LogP contribution in [0.4, 0.5) is 11.4 Å². The lowest BCUT2D eigenvalue weighted by Gasteiger charge is -2.39. The van der Waals surface area contributed by atoms with Crippen LogP contribution in [0.3, 0.4) is 0 Å². The van der Waals surface area contributed by atoms with E-state index in [0.29, 0.717) is 39.2 Å². The first kappa shape index (κ1) is 41.0. The Kier molecular flexibility index (Phi) is 14.4. The molecule has 10 nitrogen and oxygen atoms in total. The minimum atomic E-state index is -0.709. The smallest absolute Gasteiger partial charge is 0.247 e. The molecule has 2 aliphatic heterocycles. The Morgan fingerprint density at radius 1 is 0.719 bits per heavy atom. The molecule has 6 rings (SSSR count). The maximum absolute atomic E-state index is 14.8. The van der Waals surface area contributed by atoms with E-state index in [1.54, 1.807) is 17.9 Å². The third-order valence-electron chi connectivity index (χ3n) is 10.9. The van der Waals surface area contributed by atoms with E-state index in [-0.39, 0.29) is 24.3 Å². The lowest BCUT2D eigenvalue weighted by molar-refractivity contribution is -0.145. The Morgan fingerprint density at radius 2 is 1.35 bits per heavy atom. The molecule has 10 heteroatoms. The number of hydrogen-bond acceptors (Lipinski definition) is 7. The Bertz CT molecular complexity index is 1920. The monoisotopic (exact) mass is 770 g/mol. The van der Waals surface area contributed by atoms with Gasteiger partial charge in [0.05, 0.1) is 6.61 Å². The normalized spacial score (nSPS) is 15.4. The highest BCUT2D eigenvalue weighted by Gasteiger charge is 2.34. The van der Waals surface area contributed by atoms with Crippen LogP contribution in [-0.4, -0.2) is 116 Å². The molecule has 57 heavy (non-hydrogen) atoms. The molecule has 4 aromatic rings. The highest BCUT2D eigenvalue weighted by molar-refractivity contribution is 5.96. The number of benzene rings is 4. The third-order valence-corrected chi connectivity index (χ3v) is 10.9. The zero-order valence-corrected chi connectivity index (χ0v) is 34.1. The van der Waals surface area contributed by atoms with E-state index in [9.17, 15) is 14.4 Å². The highest BCUT2D eigenvalue weighted by atomic mass is 16.5. The van der Waals surface area contributed by atoms with Crippen LogP contribution in [0.25, 0.3) is 6.08 Å². The van der Waals surface area contributed by atoms with E-state index in [0.717, 1.165) is 67.3 Å². The predicted octanol–water partition coefficient (Wildman–Crippen LogP) is 6.21. The van der Waals surface area contributed by atoms with Gasteiger partial charge in [-0.05, 0) is 71.1 Å². The van der Waals surface area contributed by atoms with Gasteiger partial charge >= 0.3 is 0 Å². The van der Waals surface area contributed by atoms with Crippen molar-refractivity contribution in [1.29, 1.82) is 0 Å². The number of hydrogen-bond donors (Lipinski definition) is 0. The first-order valence-electron chi connectivity index (χ1n) is 20.3. The molecule has 4 aromatic carbocycles. The van der Waals surface area contributed by atoms with Crippen molar-refractivity contribution in [2.24, 2.45) is 0 Å². The second-order valence-corrected chi connectivity index (χ2v) is 15.2. The molecular weight excluding hydrogens is 713 g/mol. The fourth-order valence-electron chi connectivity index (χ4n) is 7.45. The fraction of sp³-hybridized carbons (Fsp3) is 0.383. The molecule has 2 aliphatic rings. The van der Waals surface area contributed by atoms with Crippen molar-refractivity contribution in [3.63, 3.8) is 0 Å². The first-order valence-corrected chi connectivity index (χ1v) is 20.3. The van der Waals surface area contributed by atoms with Gasteiger partial charge in [0.1, 0.15) is 11.8 Å². The number of carbonyl (C=O) groups excluding carboxylic acids is 3. The van der Waals surface area contributed by atoms with E-state index < -0.39 is 6.04 Å². The van der Waals surface area contributed by atoms with Crippen LogP contribution in [0.15, 0.2) is 109 Å². The first-order chi connectivity index (χ1) is 27.7. The molecule has 2 saturated heterocycles. The van der Waals surface area contributed by atoms with Crippen LogP contribution >= 0.6 is 0 Å². The molecule has 1 unspecified atom stereocenters. The van der Waals surface area contributed by atoms with Crippen LogP contribution in [0.5, 0.6) is 5.75 Å². The summed E-state index contributed by atoms with van der Waals surface area (Å²) in [5.74, 6) is 0.643. The van der Waals surface area contributed by atoms with E-state index in [2.05, 4.69) is 70.2 Å². The van der Waals surface area contributed by atoms with Crippen molar-refractivity contribution in [3.8, 4) is 5.75 Å². The number of carbonyl (C=O) groups is 3. The van der Waals surface area contributed by atoms with Gasteiger partial charge in [-0.2, -0.15) is 0 Å². The van der Waals surface area contributed by atoms with E-state index >= 15 is 0 Å². The zero-order valence-electron chi connectivity index (χ0n) is 34.1. The second-order valence-electron chi connectivity index (χ2n) is 15.2. The minimum Gasteiger partial charge on any atom is -0.494 e. The number of ether oxygens (including phenoxy) is 1. The van der Waals surface area contributed by atoms with Gasteiger partial charge in [0, 0.05) is 110 Å². The fourth-order valence-corrected chi connectivity index (χ4v) is 7.45. The summed E-state index contributed by atoms with van der Waals surface area (Å²) in [5, 5.41) is 0. The molecule has 0 N–H and O–H groups in total. The predicted molar refractivity (Wildman–Crippen MR) is 229 cm³/mol. The number of rotatable bonds is 15. The van der Waals surface area contributed by atoms with Crippen molar-refractivity contribution >= 4 is 35.2 Å². The second kappa shape index (κ2) is 20.0. The summed E-state index contributed by atoms with van der Waals surface area (Å²) in [5.41, 5.74) is 6.31. The number of anilines is 2. The van der Waals surface area contributed by atoms with Crippen molar-refractivity contribution in [2.75, 3.05) is 82.9 Å². The van der Waals surface area contributed by atoms with E-state index in [1.165, 1.54) is 11.3 Å². The van der Waals surface area contributed by atoms with Gasteiger partial charge in [-0.15, -0.1) is 0 Å². The van der Waals surface area contributed by atoms with Gasteiger partial charge in [-0.3, -0.25) is 19.3 Å². The number of nitrogens with zero attached hydrogens (tertiary/aromatic N) is 6. The van der Waals surface area contributed by atoms with Crippen molar-refractivity contribution in [3.05, 3.63) is 131 Å². The lowest BCUT2D eigenvalue weighted by atomic mass is 10.0. The summed E-state index contributed by atoms with van der Waals surface area (Å²) in [6, 6.07) is 33.9. The van der Waals surface area contributed by atoms with E-state index in [4.69, 9.17) is 4.74 Å². The van der Waals surface area contributed by atoms with Gasteiger partial charge < -0.3 is 29.2 Å². The molecule has 0 saturated carbocycles. The molecule has 0 aliphatic carbocycles. The lowest BCUT2D eigenvalue weighted by Crippen LogP contribution is -2.56. The standard InChI is InChI=1S/C47H58N6O4/c1-5-33-57-44-22-15-38(16-23-44)17-24-46(55)53(36-41-13-20-43(21-14-41)51-31-29-50(30-32-51)37(2)54)45(34-39-9-7-6-8-10-39)47(56)52-27-25-49(26-28-52)35-40-11-18-42(19-12-40)48(3)4/h6-24,45H,5,25-36H2,1-4H3. The largest absolute Gasteiger partial charge is 0.494 e. The summed E-state index contributed by atoms with van der Waals surface area (Å²) in [7, 11) is 4.09. The highest BCUT2D eigenvalue weighted by Crippen LogP contribution is 2.23. The molecule has 2 heterocycles.